The topological polar surface area (TPSA) is 0 Å². The molecule has 0 aromatic rings. The lowest BCUT2D eigenvalue weighted by atomic mass is 10.3. The first-order valence-corrected chi connectivity index (χ1v) is 3.16. The number of rotatable bonds is 3. The third-order valence-electron chi connectivity index (χ3n) is 0.762. The van der Waals surface area contributed by atoms with Crippen LogP contribution in [-0.4, -0.2) is 5.75 Å². The highest BCUT2D eigenvalue weighted by Crippen LogP contribution is 1.93. The van der Waals surface area contributed by atoms with Gasteiger partial charge in [0.15, 0.2) is 0 Å². The van der Waals surface area contributed by atoms with Crippen LogP contribution in [0.1, 0.15) is 26.2 Å². The molecule has 0 saturated carbocycles. The molecule has 1 unspecified atom stereocenters. The Morgan fingerprint density at radius 1 is 1.29 bits per heavy atom. The Labute approximate surface area is 55.1 Å². The van der Waals surface area contributed by atoms with E-state index in [1.807, 2.05) is 0 Å². The predicted molar refractivity (Wildman–Crippen MR) is 44.5 cm³/mol. The molecule has 0 aliphatic carbocycles. The standard InChI is InChI=1S/C5H12S.H3P/c1-2-3-4-5-6;/h6H,2-5H2,1H3;1H3. The molecule has 0 bridgehead atoms. The molecule has 0 amide bonds. The van der Waals surface area contributed by atoms with E-state index in [9.17, 15) is 0 Å². The molecule has 0 nitrogen and oxygen atoms in total. The van der Waals surface area contributed by atoms with Crippen LogP contribution in [0.5, 0.6) is 0 Å². The summed E-state index contributed by atoms with van der Waals surface area (Å²) in [5.41, 5.74) is 0. The van der Waals surface area contributed by atoms with Crippen LogP contribution in [0.3, 0.4) is 0 Å². The van der Waals surface area contributed by atoms with Crippen molar-refractivity contribution in [2.75, 3.05) is 5.75 Å². The summed E-state index contributed by atoms with van der Waals surface area (Å²) in [5, 5.41) is 0. The van der Waals surface area contributed by atoms with Gasteiger partial charge in [0.25, 0.3) is 0 Å². The third kappa shape index (κ3) is 10.8. The third-order valence-corrected chi connectivity index (χ3v) is 1.08. The summed E-state index contributed by atoms with van der Waals surface area (Å²) in [6, 6.07) is 0. The Kier molecular flexibility index (Phi) is 15.2. The van der Waals surface area contributed by atoms with E-state index in [4.69, 9.17) is 0 Å². The normalized spacial score (nSPS) is 7.71. The monoisotopic (exact) mass is 138 g/mol. The maximum absolute atomic E-state index is 4.05. The molecule has 0 aliphatic heterocycles. The zero-order valence-electron chi connectivity index (χ0n) is 4.98. The Morgan fingerprint density at radius 3 is 2.00 bits per heavy atom. The van der Waals surface area contributed by atoms with Crippen molar-refractivity contribution < 1.29 is 0 Å². The predicted octanol–water partition coefficient (Wildman–Crippen LogP) is 2.16. The summed E-state index contributed by atoms with van der Waals surface area (Å²) in [5.74, 6) is 1.05. The van der Waals surface area contributed by atoms with Crippen molar-refractivity contribution in [1.82, 2.24) is 0 Å². The maximum Gasteiger partial charge on any atom is -0.00979 e. The van der Waals surface area contributed by atoms with Gasteiger partial charge in [-0.3, -0.25) is 0 Å². The van der Waals surface area contributed by atoms with E-state index in [1.54, 1.807) is 0 Å². The zero-order chi connectivity index (χ0) is 4.83. The van der Waals surface area contributed by atoms with Gasteiger partial charge in [-0.2, -0.15) is 22.5 Å². The molecule has 0 saturated heterocycles. The second-order valence-electron chi connectivity index (χ2n) is 1.43. The Morgan fingerprint density at radius 2 is 1.86 bits per heavy atom. The highest BCUT2D eigenvalue weighted by atomic mass is 32.1. The number of thiol groups is 1. The fourth-order valence-corrected chi connectivity index (χ4v) is 0.585. The summed E-state index contributed by atoms with van der Waals surface area (Å²) in [4.78, 5) is 0. The second kappa shape index (κ2) is 9.91. The van der Waals surface area contributed by atoms with Crippen molar-refractivity contribution in [1.29, 1.82) is 0 Å². The van der Waals surface area contributed by atoms with E-state index in [-0.39, 0.29) is 9.90 Å². The van der Waals surface area contributed by atoms with Crippen LogP contribution in [0, 0.1) is 0 Å². The van der Waals surface area contributed by atoms with E-state index in [2.05, 4.69) is 19.6 Å². The van der Waals surface area contributed by atoms with Gasteiger partial charge in [-0.25, -0.2) is 0 Å². The van der Waals surface area contributed by atoms with Crippen LogP contribution in [0.2, 0.25) is 0 Å². The molecular formula is C5H15PS. The highest BCUT2D eigenvalue weighted by Gasteiger charge is 1.75. The first-order valence-electron chi connectivity index (χ1n) is 2.52. The van der Waals surface area contributed by atoms with Gasteiger partial charge in [0.1, 0.15) is 0 Å². The molecule has 0 rings (SSSR count). The lowest BCUT2D eigenvalue weighted by molar-refractivity contribution is 0.780. The van der Waals surface area contributed by atoms with Crippen LogP contribution >= 0.6 is 22.5 Å². The van der Waals surface area contributed by atoms with Crippen LogP contribution in [-0.2, 0) is 0 Å². The first kappa shape index (κ1) is 10.7. The quantitative estimate of drug-likeness (QED) is 0.345. The number of hydrogen-bond acceptors (Lipinski definition) is 1. The fraction of sp³-hybridized carbons (Fsp3) is 1.00. The lowest BCUT2D eigenvalue weighted by Gasteiger charge is -1.85. The SMILES string of the molecule is CCCCCS.P. The van der Waals surface area contributed by atoms with Crippen LogP contribution in [0.25, 0.3) is 0 Å². The molecule has 7 heavy (non-hydrogen) atoms. The molecule has 46 valence electrons. The maximum atomic E-state index is 4.05. The van der Waals surface area contributed by atoms with Gasteiger partial charge in [-0.15, -0.1) is 0 Å². The summed E-state index contributed by atoms with van der Waals surface area (Å²) >= 11 is 4.05. The van der Waals surface area contributed by atoms with Crippen LogP contribution in [0.15, 0.2) is 0 Å². The lowest BCUT2D eigenvalue weighted by Crippen LogP contribution is -1.70. The molecule has 0 fully saturated rings. The molecule has 1 atom stereocenters. The summed E-state index contributed by atoms with van der Waals surface area (Å²) in [6.07, 6.45) is 3.92. The second-order valence-corrected chi connectivity index (χ2v) is 1.88. The largest absolute Gasteiger partial charge is 0.179 e. The van der Waals surface area contributed by atoms with Gasteiger partial charge in [-0.05, 0) is 12.2 Å². The minimum Gasteiger partial charge on any atom is -0.179 e. The van der Waals surface area contributed by atoms with E-state index in [0.29, 0.717) is 0 Å². The molecule has 0 N–H and O–H groups in total. The molecule has 0 aromatic carbocycles. The van der Waals surface area contributed by atoms with Crippen LogP contribution < -0.4 is 0 Å². The summed E-state index contributed by atoms with van der Waals surface area (Å²) < 4.78 is 0. The van der Waals surface area contributed by atoms with Crippen molar-refractivity contribution in [3.63, 3.8) is 0 Å². The van der Waals surface area contributed by atoms with Gasteiger partial charge in [0.2, 0.25) is 0 Å². The fourth-order valence-electron chi connectivity index (χ4n) is 0.362. The van der Waals surface area contributed by atoms with Gasteiger partial charge >= 0.3 is 0 Å². The molecule has 0 aromatic heterocycles. The molecular weight excluding hydrogens is 123 g/mol. The Balaban J connectivity index is 0. The van der Waals surface area contributed by atoms with Gasteiger partial charge in [0.05, 0.1) is 0 Å². The minimum absolute atomic E-state index is 0. The van der Waals surface area contributed by atoms with E-state index >= 15 is 0 Å². The smallest absolute Gasteiger partial charge is 0.00979 e. The first-order chi connectivity index (χ1) is 2.91. The number of hydrogen-bond donors (Lipinski definition) is 1. The zero-order valence-corrected chi connectivity index (χ0v) is 7.29. The molecule has 0 radical (unpaired) electrons. The van der Waals surface area contributed by atoms with Crippen LogP contribution in [0.4, 0.5) is 0 Å². The Hall–Kier alpha value is 0.780. The molecule has 0 aliphatic rings. The van der Waals surface area contributed by atoms with Crippen molar-refractivity contribution >= 4 is 22.5 Å². The highest BCUT2D eigenvalue weighted by molar-refractivity contribution is 7.80. The molecule has 0 spiro atoms. The van der Waals surface area contributed by atoms with Gasteiger partial charge in [0, 0.05) is 0 Å². The summed E-state index contributed by atoms with van der Waals surface area (Å²) in [7, 11) is 0. The van der Waals surface area contributed by atoms with Gasteiger partial charge in [-0.1, -0.05) is 19.8 Å². The van der Waals surface area contributed by atoms with Gasteiger partial charge < -0.3 is 0 Å². The van der Waals surface area contributed by atoms with E-state index in [0.717, 1.165) is 5.75 Å². The van der Waals surface area contributed by atoms with Crippen molar-refractivity contribution in [2.24, 2.45) is 0 Å². The van der Waals surface area contributed by atoms with Crippen molar-refractivity contribution in [2.45, 2.75) is 26.2 Å². The van der Waals surface area contributed by atoms with E-state index < -0.39 is 0 Å². The summed E-state index contributed by atoms with van der Waals surface area (Å²) in [6.45, 7) is 2.20. The van der Waals surface area contributed by atoms with Crippen molar-refractivity contribution in [3.8, 4) is 0 Å². The van der Waals surface area contributed by atoms with Crippen molar-refractivity contribution in [3.05, 3.63) is 0 Å². The average molecular weight is 138 g/mol. The molecule has 2 heteroatoms. The minimum atomic E-state index is 0. The Bertz CT molecular complexity index is 20.0. The molecule has 0 heterocycles. The average Bonchev–Trinajstić information content (AvgIpc) is 1.61. The number of unbranched alkanes of at least 4 members (excludes halogenated alkanes) is 2. The van der Waals surface area contributed by atoms with E-state index in [1.165, 1.54) is 19.3 Å².